The van der Waals surface area contributed by atoms with Crippen LogP contribution in [0.15, 0.2) is 77.3 Å². The molecule has 1 aromatic heterocycles. The summed E-state index contributed by atoms with van der Waals surface area (Å²) in [5.74, 6) is 1.27. The lowest BCUT2D eigenvalue weighted by Gasteiger charge is -2.45. The summed E-state index contributed by atoms with van der Waals surface area (Å²) in [5.41, 5.74) is 2.44. The van der Waals surface area contributed by atoms with Gasteiger partial charge in [-0.3, -0.25) is 9.69 Å². The number of allylic oxidation sites excluding steroid dienone is 3. The molecule has 3 aromatic rings. The molecule has 1 saturated heterocycles. The highest BCUT2D eigenvalue weighted by Crippen LogP contribution is 2.50. The molecule has 1 N–H and O–H groups in total. The summed E-state index contributed by atoms with van der Waals surface area (Å²) in [6.45, 7) is 1.56. The van der Waals surface area contributed by atoms with Crippen molar-refractivity contribution in [1.29, 1.82) is 0 Å². The number of furan rings is 1. The van der Waals surface area contributed by atoms with Crippen molar-refractivity contribution in [3.05, 3.63) is 84.2 Å². The standard InChI is InChI=1S/C39H48ClN5O7/c1-41-28-12-10-25(11-13-28)23-49-38(47)43(4)16-17-44(5)39(48)52-34-20-32-36(31-9-7-6-8-30(31)34)27(21-40)22-45(32)37(46)35-19-26-18-29(50-24-42(2)3)14-15-33(26)51-35/h6-15,18-19,27,30-32,34,36,41H,16-17,20-24H2,1-5H3. The number of ether oxygens (including phenoxy) is 3. The minimum atomic E-state index is -0.495. The van der Waals surface area contributed by atoms with Crippen LogP contribution in [0.1, 0.15) is 22.5 Å². The first-order valence-electron chi connectivity index (χ1n) is 17.7. The van der Waals surface area contributed by atoms with E-state index in [0.29, 0.717) is 36.9 Å². The van der Waals surface area contributed by atoms with E-state index in [1.54, 1.807) is 20.2 Å². The van der Waals surface area contributed by atoms with Gasteiger partial charge < -0.3 is 38.6 Å². The second-order valence-corrected chi connectivity index (χ2v) is 14.4. The molecule has 0 radical (unpaired) electrons. The molecule has 2 aliphatic carbocycles. The van der Waals surface area contributed by atoms with Gasteiger partial charge in [0.25, 0.3) is 5.91 Å². The fraction of sp³-hybridized carbons (Fsp3) is 0.462. The van der Waals surface area contributed by atoms with Crippen LogP contribution in [0.4, 0.5) is 15.3 Å². The molecule has 2 aromatic carbocycles. The van der Waals surface area contributed by atoms with Crippen LogP contribution < -0.4 is 10.1 Å². The maximum Gasteiger partial charge on any atom is 0.409 e. The van der Waals surface area contributed by atoms with Crippen molar-refractivity contribution >= 4 is 46.4 Å². The molecule has 6 rings (SSSR count). The van der Waals surface area contributed by atoms with Crippen molar-refractivity contribution in [1.82, 2.24) is 19.6 Å². The number of amides is 3. The first-order chi connectivity index (χ1) is 25.1. The number of fused-ring (bicyclic) bond motifs is 4. The van der Waals surface area contributed by atoms with Crippen LogP contribution >= 0.6 is 11.6 Å². The molecule has 12 nitrogen and oxygen atoms in total. The minimum Gasteiger partial charge on any atom is -0.478 e. The minimum absolute atomic E-state index is 0.0378. The van der Waals surface area contributed by atoms with Crippen LogP contribution in [-0.4, -0.2) is 117 Å². The van der Waals surface area contributed by atoms with Crippen molar-refractivity contribution in [2.45, 2.75) is 25.2 Å². The zero-order chi connectivity index (χ0) is 36.9. The molecule has 278 valence electrons. The zero-order valence-corrected chi connectivity index (χ0v) is 31.1. The molecule has 6 atom stereocenters. The number of nitrogens with one attached hydrogen (secondary N) is 1. The number of benzene rings is 2. The Kier molecular flexibility index (Phi) is 11.6. The molecule has 13 heteroatoms. The van der Waals surface area contributed by atoms with E-state index < -0.39 is 18.3 Å². The SMILES string of the molecule is CNc1ccc(COC(=O)N(C)CCN(C)C(=O)OC2CC3C(C(CCl)CN3C(=O)c3cc4cc(OCN(C)C)ccc4o3)C3C=CC=CC23)cc1. The fourth-order valence-electron chi connectivity index (χ4n) is 7.48. The van der Waals surface area contributed by atoms with E-state index in [0.717, 1.165) is 16.6 Å². The van der Waals surface area contributed by atoms with Crippen LogP contribution in [-0.2, 0) is 16.1 Å². The van der Waals surface area contributed by atoms with Crippen molar-refractivity contribution in [3.63, 3.8) is 0 Å². The zero-order valence-electron chi connectivity index (χ0n) is 30.4. The molecule has 52 heavy (non-hydrogen) atoms. The molecule has 6 unspecified atom stereocenters. The average Bonchev–Trinajstić information content (AvgIpc) is 3.76. The van der Waals surface area contributed by atoms with Gasteiger partial charge in [0.15, 0.2) is 5.76 Å². The Balaban J connectivity index is 1.10. The molecule has 1 aliphatic heterocycles. The number of carbonyl (C=O) groups excluding carboxylic acids is 3. The first-order valence-corrected chi connectivity index (χ1v) is 18.2. The number of hydrogen-bond donors (Lipinski definition) is 1. The Morgan fingerprint density at radius 2 is 1.65 bits per heavy atom. The van der Waals surface area contributed by atoms with Gasteiger partial charge in [-0.05, 0) is 73.8 Å². The van der Waals surface area contributed by atoms with Crippen LogP contribution in [0.3, 0.4) is 0 Å². The third kappa shape index (κ3) is 8.18. The Hall–Kier alpha value is -4.68. The van der Waals surface area contributed by atoms with Gasteiger partial charge in [0.1, 0.15) is 30.8 Å². The van der Waals surface area contributed by atoms with Crippen LogP contribution in [0, 0.1) is 23.7 Å². The van der Waals surface area contributed by atoms with Gasteiger partial charge in [-0.2, -0.15) is 0 Å². The number of hydrogen-bond acceptors (Lipinski definition) is 9. The van der Waals surface area contributed by atoms with Crippen molar-refractivity contribution in [2.24, 2.45) is 23.7 Å². The van der Waals surface area contributed by atoms with Gasteiger partial charge in [-0.1, -0.05) is 36.4 Å². The van der Waals surface area contributed by atoms with Gasteiger partial charge >= 0.3 is 12.2 Å². The van der Waals surface area contributed by atoms with Gasteiger partial charge in [-0.25, -0.2) is 9.59 Å². The number of nitrogens with zero attached hydrogens (tertiary/aromatic N) is 4. The molecule has 0 spiro atoms. The highest BCUT2D eigenvalue weighted by molar-refractivity contribution is 6.18. The summed E-state index contributed by atoms with van der Waals surface area (Å²) >= 11 is 6.56. The maximum atomic E-state index is 14.1. The summed E-state index contributed by atoms with van der Waals surface area (Å²) in [6, 6.07) is 14.7. The topological polar surface area (TPSA) is 117 Å². The third-order valence-electron chi connectivity index (χ3n) is 10.3. The predicted octanol–water partition coefficient (Wildman–Crippen LogP) is 6.14. The summed E-state index contributed by atoms with van der Waals surface area (Å²) < 4.78 is 23.5. The summed E-state index contributed by atoms with van der Waals surface area (Å²) in [7, 11) is 8.98. The van der Waals surface area contributed by atoms with Crippen LogP contribution in [0.25, 0.3) is 11.0 Å². The number of carbonyl (C=O) groups is 3. The maximum absolute atomic E-state index is 14.1. The van der Waals surface area contributed by atoms with E-state index in [1.165, 1.54) is 9.80 Å². The number of likely N-dealkylation sites (tertiary alicyclic amines) is 1. The number of alkyl halides is 1. The highest BCUT2D eigenvalue weighted by Gasteiger charge is 2.54. The average molecular weight is 734 g/mol. The Labute approximate surface area is 309 Å². The lowest BCUT2D eigenvalue weighted by Crippen LogP contribution is -2.51. The summed E-state index contributed by atoms with van der Waals surface area (Å²) in [4.78, 5) is 47.0. The molecular weight excluding hydrogens is 686 g/mol. The number of rotatable bonds is 12. The lowest BCUT2D eigenvalue weighted by atomic mass is 9.64. The Morgan fingerprint density at radius 1 is 0.942 bits per heavy atom. The second kappa shape index (κ2) is 16.3. The monoisotopic (exact) mass is 733 g/mol. The molecule has 2 fully saturated rings. The van der Waals surface area contributed by atoms with Crippen LogP contribution in [0.5, 0.6) is 5.75 Å². The number of likely N-dealkylation sites (N-methyl/N-ethyl adjacent to an activating group) is 2. The smallest absolute Gasteiger partial charge is 0.409 e. The van der Waals surface area contributed by atoms with Crippen molar-refractivity contribution in [3.8, 4) is 5.75 Å². The van der Waals surface area contributed by atoms with Crippen molar-refractivity contribution in [2.75, 3.05) is 72.8 Å². The number of halogens is 1. The first kappa shape index (κ1) is 37.1. The summed E-state index contributed by atoms with van der Waals surface area (Å²) in [5, 5.41) is 3.84. The van der Waals surface area contributed by atoms with Gasteiger partial charge in [0.2, 0.25) is 0 Å². The van der Waals surface area contributed by atoms with E-state index in [-0.39, 0.29) is 61.1 Å². The molecule has 1 saturated carbocycles. The van der Waals surface area contributed by atoms with E-state index in [9.17, 15) is 14.4 Å². The number of anilines is 1. The van der Waals surface area contributed by atoms with E-state index >= 15 is 0 Å². The van der Waals surface area contributed by atoms with Gasteiger partial charge in [-0.15, -0.1) is 11.6 Å². The third-order valence-corrected chi connectivity index (χ3v) is 10.7. The Bertz CT molecular complexity index is 1790. The highest BCUT2D eigenvalue weighted by atomic mass is 35.5. The second-order valence-electron chi connectivity index (χ2n) is 14.1. The molecule has 3 aliphatic rings. The molecule has 3 amide bonds. The Morgan fingerprint density at radius 3 is 2.35 bits per heavy atom. The lowest BCUT2D eigenvalue weighted by molar-refractivity contribution is -0.0186. The molecular formula is C39H48ClN5O7. The predicted molar refractivity (Wildman–Crippen MR) is 200 cm³/mol. The van der Waals surface area contributed by atoms with Gasteiger partial charge in [0.05, 0.1) is 0 Å². The van der Waals surface area contributed by atoms with E-state index in [4.69, 9.17) is 30.2 Å². The van der Waals surface area contributed by atoms with E-state index in [2.05, 4.69) is 17.5 Å². The quantitative estimate of drug-likeness (QED) is 0.173. The van der Waals surface area contributed by atoms with Crippen LogP contribution in [0.2, 0.25) is 0 Å². The van der Waals surface area contributed by atoms with Gasteiger partial charge in [0, 0.05) is 76.1 Å². The largest absolute Gasteiger partial charge is 0.478 e. The van der Waals surface area contributed by atoms with Crippen molar-refractivity contribution < 1.29 is 33.0 Å². The molecule has 0 bridgehead atoms. The molecule has 2 heterocycles. The fourth-order valence-corrected chi connectivity index (χ4v) is 7.78. The van der Waals surface area contributed by atoms with E-state index in [1.807, 2.05) is 85.6 Å². The summed E-state index contributed by atoms with van der Waals surface area (Å²) in [6.07, 6.45) is 7.27. The normalized spacial score (nSPS) is 23.2.